The van der Waals surface area contributed by atoms with Gasteiger partial charge in [-0.15, -0.1) is 5.10 Å². The van der Waals surface area contributed by atoms with E-state index in [-0.39, 0.29) is 5.69 Å². The molecule has 8 heteroatoms. The first-order valence-corrected chi connectivity index (χ1v) is 10.1. The van der Waals surface area contributed by atoms with E-state index >= 15 is 0 Å². The SMILES string of the molecule is Cc1cccc(Nc2ncn(-c3cc(F)cc(F)c3)n2)c1[C@@H]1CCN(C2COC2)C1. The monoisotopic (exact) mass is 411 g/mol. The number of aryl methyl sites for hydroxylation is 1. The van der Waals surface area contributed by atoms with Gasteiger partial charge in [0.2, 0.25) is 5.95 Å². The number of benzene rings is 2. The third kappa shape index (κ3) is 3.68. The van der Waals surface area contributed by atoms with Crippen LogP contribution in [0.15, 0.2) is 42.7 Å². The van der Waals surface area contributed by atoms with E-state index in [1.54, 1.807) is 0 Å². The summed E-state index contributed by atoms with van der Waals surface area (Å²) in [6.45, 7) is 5.86. The highest BCUT2D eigenvalue weighted by Crippen LogP contribution is 2.36. The van der Waals surface area contributed by atoms with E-state index in [4.69, 9.17) is 4.74 Å². The highest BCUT2D eigenvalue weighted by Gasteiger charge is 2.34. The van der Waals surface area contributed by atoms with Crippen LogP contribution in [0.25, 0.3) is 5.69 Å². The van der Waals surface area contributed by atoms with Crippen LogP contribution in [0, 0.1) is 18.6 Å². The van der Waals surface area contributed by atoms with Crippen molar-refractivity contribution in [2.45, 2.75) is 25.3 Å². The molecule has 2 aliphatic rings. The number of aromatic nitrogens is 3. The average molecular weight is 411 g/mol. The molecule has 2 fully saturated rings. The van der Waals surface area contributed by atoms with Crippen molar-refractivity contribution in [1.82, 2.24) is 19.7 Å². The number of rotatable bonds is 5. The number of ether oxygens (including phenoxy) is 1. The van der Waals surface area contributed by atoms with E-state index in [0.717, 1.165) is 44.5 Å². The number of hydrogen-bond donors (Lipinski definition) is 1. The number of halogens is 2. The minimum Gasteiger partial charge on any atom is -0.378 e. The minimum atomic E-state index is -0.654. The van der Waals surface area contributed by atoms with Gasteiger partial charge in [-0.3, -0.25) is 4.90 Å². The van der Waals surface area contributed by atoms with Crippen LogP contribution < -0.4 is 5.32 Å². The fourth-order valence-corrected chi connectivity index (χ4v) is 4.36. The second kappa shape index (κ2) is 7.77. The van der Waals surface area contributed by atoms with Crippen LogP contribution in [-0.2, 0) is 4.74 Å². The summed E-state index contributed by atoms with van der Waals surface area (Å²) in [6, 6.07) is 9.97. The van der Waals surface area contributed by atoms with Crippen molar-refractivity contribution < 1.29 is 13.5 Å². The molecule has 0 bridgehead atoms. The van der Waals surface area contributed by atoms with E-state index in [0.29, 0.717) is 17.9 Å². The van der Waals surface area contributed by atoms with Crippen molar-refractivity contribution in [1.29, 1.82) is 0 Å². The molecule has 5 rings (SSSR count). The van der Waals surface area contributed by atoms with Gasteiger partial charge in [-0.2, -0.15) is 4.98 Å². The van der Waals surface area contributed by atoms with Crippen molar-refractivity contribution in [3.8, 4) is 5.69 Å². The molecular weight excluding hydrogens is 388 g/mol. The molecule has 3 heterocycles. The molecule has 30 heavy (non-hydrogen) atoms. The van der Waals surface area contributed by atoms with Gasteiger partial charge >= 0.3 is 0 Å². The van der Waals surface area contributed by atoms with Crippen molar-refractivity contribution in [2.24, 2.45) is 0 Å². The van der Waals surface area contributed by atoms with Crippen LogP contribution in [0.1, 0.15) is 23.5 Å². The quantitative estimate of drug-likeness (QED) is 0.693. The molecule has 3 aromatic rings. The lowest BCUT2D eigenvalue weighted by Gasteiger charge is -2.34. The van der Waals surface area contributed by atoms with Gasteiger partial charge < -0.3 is 10.1 Å². The lowest BCUT2D eigenvalue weighted by molar-refractivity contribution is -0.0573. The van der Waals surface area contributed by atoms with Crippen LogP contribution in [0.2, 0.25) is 0 Å². The van der Waals surface area contributed by atoms with Gasteiger partial charge in [0.15, 0.2) is 0 Å². The zero-order valence-electron chi connectivity index (χ0n) is 16.7. The highest BCUT2D eigenvalue weighted by atomic mass is 19.1. The number of hydrogen-bond acceptors (Lipinski definition) is 5. The van der Waals surface area contributed by atoms with Crippen molar-refractivity contribution >= 4 is 11.6 Å². The van der Waals surface area contributed by atoms with Gasteiger partial charge in [0.05, 0.1) is 24.9 Å². The third-order valence-electron chi connectivity index (χ3n) is 5.94. The summed E-state index contributed by atoms with van der Waals surface area (Å²) in [7, 11) is 0. The Bertz CT molecular complexity index is 1050. The molecule has 2 aliphatic heterocycles. The van der Waals surface area contributed by atoms with E-state index < -0.39 is 11.6 Å². The molecule has 0 radical (unpaired) electrons. The number of anilines is 2. The second-order valence-corrected chi connectivity index (χ2v) is 7.97. The summed E-state index contributed by atoms with van der Waals surface area (Å²) < 4.78 is 33.8. The number of nitrogens with zero attached hydrogens (tertiary/aromatic N) is 4. The molecule has 0 spiro atoms. The Labute approximate surface area is 173 Å². The lowest BCUT2D eigenvalue weighted by atomic mass is 9.92. The predicted molar refractivity (Wildman–Crippen MR) is 109 cm³/mol. The van der Waals surface area contributed by atoms with Crippen LogP contribution in [0.5, 0.6) is 0 Å². The Hall–Kier alpha value is -2.84. The van der Waals surface area contributed by atoms with Gasteiger partial charge in [-0.05, 0) is 49.2 Å². The summed E-state index contributed by atoms with van der Waals surface area (Å²) in [5, 5.41) is 7.66. The maximum absolute atomic E-state index is 13.5. The van der Waals surface area contributed by atoms with Crippen LogP contribution in [0.4, 0.5) is 20.4 Å². The normalized spacial score (nSPS) is 19.8. The second-order valence-electron chi connectivity index (χ2n) is 7.97. The summed E-state index contributed by atoms with van der Waals surface area (Å²) in [4.78, 5) is 6.79. The van der Waals surface area contributed by atoms with E-state index in [1.807, 2.05) is 12.1 Å². The zero-order valence-corrected chi connectivity index (χ0v) is 16.7. The predicted octanol–water partition coefficient (Wildman–Crippen LogP) is 3.79. The van der Waals surface area contributed by atoms with Gasteiger partial charge in [-0.1, -0.05) is 12.1 Å². The maximum Gasteiger partial charge on any atom is 0.246 e. The molecule has 0 amide bonds. The maximum atomic E-state index is 13.5. The Morgan fingerprint density at radius 3 is 2.67 bits per heavy atom. The Morgan fingerprint density at radius 2 is 1.93 bits per heavy atom. The first-order chi connectivity index (χ1) is 14.6. The molecule has 0 saturated carbocycles. The van der Waals surface area contributed by atoms with E-state index in [1.165, 1.54) is 34.3 Å². The molecule has 2 aromatic carbocycles. The highest BCUT2D eigenvalue weighted by molar-refractivity contribution is 5.62. The zero-order chi connectivity index (χ0) is 20.7. The number of likely N-dealkylation sites (tertiary alicyclic amines) is 1. The molecule has 2 saturated heterocycles. The summed E-state index contributed by atoms with van der Waals surface area (Å²) >= 11 is 0. The molecule has 0 unspecified atom stereocenters. The van der Waals surface area contributed by atoms with Crippen LogP contribution >= 0.6 is 0 Å². The largest absolute Gasteiger partial charge is 0.378 e. The van der Waals surface area contributed by atoms with Gasteiger partial charge in [-0.25, -0.2) is 13.5 Å². The van der Waals surface area contributed by atoms with Crippen molar-refractivity contribution in [3.05, 3.63) is 65.5 Å². The summed E-state index contributed by atoms with van der Waals surface area (Å²) in [6.07, 6.45) is 2.54. The molecule has 1 aromatic heterocycles. The van der Waals surface area contributed by atoms with Gasteiger partial charge in [0, 0.05) is 24.2 Å². The van der Waals surface area contributed by atoms with Crippen LogP contribution in [-0.4, -0.2) is 52.0 Å². The van der Waals surface area contributed by atoms with E-state index in [9.17, 15) is 8.78 Å². The smallest absolute Gasteiger partial charge is 0.246 e. The van der Waals surface area contributed by atoms with Crippen LogP contribution in [0.3, 0.4) is 0 Å². The average Bonchev–Trinajstić information content (AvgIpc) is 3.30. The van der Waals surface area contributed by atoms with Gasteiger partial charge in [0.25, 0.3) is 0 Å². The van der Waals surface area contributed by atoms with Gasteiger partial charge in [0.1, 0.15) is 18.0 Å². The lowest BCUT2D eigenvalue weighted by Crippen LogP contribution is -2.47. The first-order valence-electron chi connectivity index (χ1n) is 10.1. The minimum absolute atomic E-state index is 0.284. The molecule has 156 valence electrons. The molecular formula is C22H23F2N5O. The Balaban J connectivity index is 1.38. The van der Waals surface area contributed by atoms with Crippen molar-refractivity contribution in [2.75, 3.05) is 31.6 Å². The standard InChI is InChI=1S/C22H23F2N5O/c1-14-3-2-4-20(21(14)15-5-6-28(10-15)19-11-30-12-19)26-22-25-13-29(27-22)18-8-16(23)7-17(24)9-18/h2-4,7-9,13,15,19H,5-6,10-12H2,1H3,(H,26,27)/t15-/m1/s1. The fourth-order valence-electron chi connectivity index (χ4n) is 4.36. The first kappa shape index (κ1) is 19.1. The molecule has 1 N–H and O–H groups in total. The molecule has 0 aliphatic carbocycles. The summed E-state index contributed by atoms with van der Waals surface area (Å²) in [5.41, 5.74) is 3.75. The topological polar surface area (TPSA) is 55.2 Å². The van der Waals surface area contributed by atoms with E-state index in [2.05, 4.69) is 33.3 Å². The molecule has 6 nitrogen and oxygen atoms in total. The van der Waals surface area contributed by atoms with Crippen molar-refractivity contribution in [3.63, 3.8) is 0 Å². The Morgan fingerprint density at radius 1 is 1.13 bits per heavy atom. The number of nitrogens with one attached hydrogen (secondary N) is 1. The fraction of sp³-hybridized carbons (Fsp3) is 0.364. The third-order valence-corrected chi connectivity index (χ3v) is 5.94. The summed E-state index contributed by atoms with van der Waals surface area (Å²) in [5.74, 6) is -0.500. The molecule has 1 atom stereocenters. The Kier molecular flexibility index (Phi) is 4.96.